The molecule has 0 bridgehead atoms. The van der Waals surface area contributed by atoms with Crippen molar-refractivity contribution < 1.29 is 23.8 Å². The number of fused-ring (bicyclic) bond motifs is 1. The highest BCUT2D eigenvalue weighted by molar-refractivity contribution is 6.33. The quantitative estimate of drug-likeness (QED) is 0.306. The second-order valence-corrected chi connectivity index (χ2v) is 6.88. The molecule has 5 nitrogen and oxygen atoms in total. The van der Waals surface area contributed by atoms with Crippen LogP contribution in [0.25, 0.3) is 6.08 Å². The number of carbonyl (C=O) groups is 2. The lowest BCUT2D eigenvalue weighted by Gasteiger charge is -2.06. The van der Waals surface area contributed by atoms with Crippen LogP contribution >= 0.6 is 11.6 Å². The Hall–Kier alpha value is -3.57. The van der Waals surface area contributed by atoms with Crippen LogP contribution in [0.1, 0.15) is 33.2 Å². The molecule has 0 spiro atoms. The molecule has 150 valence electrons. The third kappa shape index (κ3) is 4.07. The van der Waals surface area contributed by atoms with E-state index in [-0.39, 0.29) is 17.1 Å². The fourth-order valence-corrected chi connectivity index (χ4v) is 3.24. The molecule has 0 aromatic heterocycles. The van der Waals surface area contributed by atoms with Crippen LogP contribution in [-0.2, 0) is 0 Å². The standard InChI is InChI=1S/C24H17ClO5/c1-2-28-16-10-11-19-21(14-16)30-22(23(19)26)13-15-6-5-7-17(12-15)29-24(27)18-8-3-4-9-20(18)25/h3-14H,2H2,1H3/b22-13-. The Kier molecular flexibility index (Phi) is 5.55. The number of carbonyl (C=O) groups excluding carboxylic acids is 2. The zero-order chi connectivity index (χ0) is 21.1. The highest BCUT2D eigenvalue weighted by atomic mass is 35.5. The molecule has 3 aromatic rings. The Morgan fingerprint density at radius 2 is 1.87 bits per heavy atom. The van der Waals surface area contributed by atoms with Gasteiger partial charge >= 0.3 is 5.97 Å². The highest BCUT2D eigenvalue weighted by Crippen LogP contribution is 2.35. The van der Waals surface area contributed by atoms with Crippen molar-refractivity contribution in [2.24, 2.45) is 0 Å². The van der Waals surface area contributed by atoms with E-state index < -0.39 is 5.97 Å². The van der Waals surface area contributed by atoms with Crippen LogP contribution in [0.3, 0.4) is 0 Å². The van der Waals surface area contributed by atoms with E-state index >= 15 is 0 Å². The van der Waals surface area contributed by atoms with Crippen LogP contribution in [0.5, 0.6) is 17.2 Å². The van der Waals surface area contributed by atoms with E-state index in [1.54, 1.807) is 72.8 Å². The van der Waals surface area contributed by atoms with Crippen molar-refractivity contribution in [3.63, 3.8) is 0 Å². The molecule has 0 amide bonds. The summed E-state index contributed by atoms with van der Waals surface area (Å²) in [7, 11) is 0. The molecule has 0 aliphatic carbocycles. The van der Waals surface area contributed by atoms with Crippen molar-refractivity contribution in [2.75, 3.05) is 6.61 Å². The van der Waals surface area contributed by atoms with Crippen molar-refractivity contribution in [1.82, 2.24) is 0 Å². The first kappa shape index (κ1) is 19.7. The van der Waals surface area contributed by atoms with Gasteiger partial charge in [0.15, 0.2) is 5.76 Å². The Balaban J connectivity index is 1.54. The maximum atomic E-state index is 12.6. The first-order chi connectivity index (χ1) is 14.5. The minimum atomic E-state index is -0.561. The van der Waals surface area contributed by atoms with E-state index in [2.05, 4.69) is 0 Å². The van der Waals surface area contributed by atoms with Gasteiger partial charge in [-0.1, -0.05) is 35.9 Å². The zero-order valence-electron chi connectivity index (χ0n) is 16.1. The molecule has 30 heavy (non-hydrogen) atoms. The Morgan fingerprint density at radius 3 is 2.67 bits per heavy atom. The molecule has 0 N–H and O–H groups in total. The Labute approximate surface area is 178 Å². The van der Waals surface area contributed by atoms with Gasteiger partial charge < -0.3 is 14.2 Å². The molecule has 1 aliphatic heterocycles. The summed E-state index contributed by atoms with van der Waals surface area (Å²) in [6.07, 6.45) is 1.61. The lowest BCUT2D eigenvalue weighted by atomic mass is 10.1. The van der Waals surface area contributed by atoms with Gasteiger partial charge in [-0.2, -0.15) is 0 Å². The number of allylic oxidation sites excluding steroid dienone is 1. The summed E-state index contributed by atoms with van der Waals surface area (Å²) in [6, 6.07) is 18.6. The number of rotatable bonds is 5. The Morgan fingerprint density at radius 1 is 1.03 bits per heavy atom. The first-order valence-electron chi connectivity index (χ1n) is 9.33. The first-order valence-corrected chi connectivity index (χ1v) is 9.71. The van der Waals surface area contributed by atoms with E-state index in [1.165, 1.54) is 0 Å². The lowest BCUT2D eigenvalue weighted by molar-refractivity contribution is 0.0734. The predicted molar refractivity (Wildman–Crippen MR) is 113 cm³/mol. The predicted octanol–water partition coefficient (Wildman–Crippen LogP) is 5.57. The number of Topliss-reactive ketones (excluding diaryl/α,β-unsaturated/α-hetero) is 1. The van der Waals surface area contributed by atoms with E-state index in [0.29, 0.717) is 40.0 Å². The summed E-state index contributed by atoms with van der Waals surface area (Å²) < 4.78 is 16.6. The van der Waals surface area contributed by atoms with E-state index in [1.807, 2.05) is 6.92 Å². The van der Waals surface area contributed by atoms with Gasteiger partial charge in [-0.3, -0.25) is 4.79 Å². The number of ketones is 1. The molecule has 1 heterocycles. The van der Waals surface area contributed by atoms with Gasteiger partial charge in [-0.05, 0) is 55.0 Å². The zero-order valence-corrected chi connectivity index (χ0v) is 16.8. The maximum absolute atomic E-state index is 12.6. The number of hydrogen-bond acceptors (Lipinski definition) is 5. The highest BCUT2D eigenvalue weighted by Gasteiger charge is 2.27. The molecule has 0 radical (unpaired) electrons. The summed E-state index contributed by atoms with van der Waals surface area (Å²) in [5.74, 6) is 0.836. The molecule has 4 rings (SSSR count). The van der Waals surface area contributed by atoms with E-state index in [0.717, 1.165) is 0 Å². The molecule has 6 heteroatoms. The number of esters is 1. The molecule has 0 saturated heterocycles. The maximum Gasteiger partial charge on any atom is 0.345 e. The van der Waals surface area contributed by atoms with Crippen molar-refractivity contribution >= 4 is 29.4 Å². The summed E-state index contributed by atoms with van der Waals surface area (Å²) >= 11 is 6.05. The SMILES string of the molecule is CCOc1ccc2c(c1)O/C(=C\c1cccc(OC(=O)c3ccccc3Cl)c1)C2=O. The molecule has 0 atom stereocenters. The average molecular weight is 421 g/mol. The van der Waals surface area contributed by atoms with Crippen LogP contribution in [0.15, 0.2) is 72.5 Å². The Bertz CT molecular complexity index is 1170. The van der Waals surface area contributed by atoms with Crippen LogP contribution in [0.2, 0.25) is 5.02 Å². The number of hydrogen-bond donors (Lipinski definition) is 0. The monoisotopic (exact) mass is 420 g/mol. The fourth-order valence-electron chi connectivity index (χ4n) is 3.03. The fraction of sp³-hybridized carbons (Fsp3) is 0.0833. The minimum Gasteiger partial charge on any atom is -0.494 e. The smallest absolute Gasteiger partial charge is 0.345 e. The molecule has 0 fully saturated rings. The third-order valence-corrected chi connectivity index (χ3v) is 4.74. The topological polar surface area (TPSA) is 61.8 Å². The summed E-state index contributed by atoms with van der Waals surface area (Å²) in [6.45, 7) is 2.41. The number of halogens is 1. The van der Waals surface area contributed by atoms with Gasteiger partial charge in [-0.15, -0.1) is 0 Å². The van der Waals surface area contributed by atoms with Crippen LogP contribution in [-0.4, -0.2) is 18.4 Å². The molecule has 1 aliphatic rings. The summed E-state index contributed by atoms with van der Waals surface area (Å²) in [4.78, 5) is 25.0. The van der Waals surface area contributed by atoms with Gasteiger partial charge in [0.25, 0.3) is 0 Å². The molecule has 0 saturated carbocycles. The van der Waals surface area contributed by atoms with E-state index in [9.17, 15) is 9.59 Å². The second kappa shape index (κ2) is 8.43. The number of ether oxygens (including phenoxy) is 3. The van der Waals surface area contributed by atoms with Crippen molar-refractivity contribution in [3.8, 4) is 17.2 Å². The molecular formula is C24H17ClO5. The van der Waals surface area contributed by atoms with E-state index in [4.69, 9.17) is 25.8 Å². The van der Waals surface area contributed by atoms with Gasteiger partial charge in [0.05, 0.1) is 22.8 Å². The van der Waals surface area contributed by atoms with Crippen LogP contribution < -0.4 is 14.2 Å². The lowest BCUT2D eigenvalue weighted by Crippen LogP contribution is -2.09. The van der Waals surface area contributed by atoms with Crippen molar-refractivity contribution in [3.05, 3.63) is 94.2 Å². The van der Waals surface area contributed by atoms with Crippen LogP contribution in [0, 0.1) is 0 Å². The van der Waals surface area contributed by atoms with Crippen LogP contribution in [0.4, 0.5) is 0 Å². The van der Waals surface area contributed by atoms with Crippen molar-refractivity contribution in [2.45, 2.75) is 6.92 Å². The largest absolute Gasteiger partial charge is 0.494 e. The van der Waals surface area contributed by atoms with Gasteiger partial charge in [-0.25, -0.2) is 4.79 Å². The normalized spacial score (nSPS) is 13.7. The average Bonchev–Trinajstić information content (AvgIpc) is 3.03. The van der Waals surface area contributed by atoms with Gasteiger partial charge in [0, 0.05) is 6.07 Å². The van der Waals surface area contributed by atoms with Crippen molar-refractivity contribution in [1.29, 1.82) is 0 Å². The summed E-state index contributed by atoms with van der Waals surface area (Å²) in [5.41, 5.74) is 1.41. The summed E-state index contributed by atoms with van der Waals surface area (Å²) in [5, 5.41) is 0.315. The molecular weight excluding hydrogens is 404 g/mol. The second-order valence-electron chi connectivity index (χ2n) is 6.47. The van der Waals surface area contributed by atoms with Gasteiger partial charge in [0.1, 0.15) is 17.2 Å². The minimum absolute atomic E-state index is 0.188. The van der Waals surface area contributed by atoms with Gasteiger partial charge in [0.2, 0.25) is 5.78 Å². The third-order valence-electron chi connectivity index (χ3n) is 4.41. The molecule has 0 unspecified atom stereocenters. The number of benzene rings is 3. The molecule has 3 aromatic carbocycles.